The van der Waals surface area contributed by atoms with Crippen molar-refractivity contribution in [2.75, 3.05) is 0 Å². The van der Waals surface area contributed by atoms with Crippen LogP contribution in [0.5, 0.6) is 0 Å². The Hall–Kier alpha value is -2.73. The van der Waals surface area contributed by atoms with Gasteiger partial charge in [0.15, 0.2) is 0 Å². The third-order valence-electron chi connectivity index (χ3n) is 18.7. The second-order valence-electron chi connectivity index (χ2n) is 21.4. The van der Waals surface area contributed by atoms with Gasteiger partial charge in [0.25, 0.3) is 0 Å². The van der Waals surface area contributed by atoms with Crippen molar-refractivity contribution < 1.29 is 72.4 Å². The summed E-state index contributed by atoms with van der Waals surface area (Å²) >= 11 is -4.05. The summed E-state index contributed by atoms with van der Waals surface area (Å²) in [6.45, 7) is 28.2. The van der Waals surface area contributed by atoms with Gasteiger partial charge in [-0.3, -0.25) is 0 Å². The molecule has 0 bridgehead atoms. The molecule has 0 aliphatic heterocycles. The Morgan fingerprint density at radius 1 is 0.656 bits per heavy atom. The summed E-state index contributed by atoms with van der Waals surface area (Å²) in [5.74, 6) is -0.0986. The van der Waals surface area contributed by atoms with Crippen molar-refractivity contribution in [2.24, 2.45) is 55.2 Å². The molecule has 10 unspecified atom stereocenters. The van der Waals surface area contributed by atoms with E-state index in [1.807, 2.05) is 0 Å². The maximum atomic E-state index is 14.9. The van der Waals surface area contributed by atoms with E-state index in [-0.39, 0.29) is 51.1 Å². The first kappa shape index (κ1) is 50.7. The molecule has 6 aliphatic carbocycles. The molecule has 0 heterocycles. The van der Waals surface area contributed by atoms with E-state index in [0.29, 0.717) is 14.3 Å². The Balaban J connectivity index is 0.00000340. The monoisotopic (exact) mass is 996 g/mol. The van der Waals surface area contributed by atoms with Gasteiger partial charge in [-0.05, 0) is 0 Å². The van der Waals surface area contributed by atoms with Crippen molar-refractivity contribution in [1.29, 1.82) is 0 Å². The Morgan fingerprint density at radius 3 is 1.59 bits per heavy atom. The largest absolute Gasteiger partial charge is 1.00 e. The predicted octanol–water partition coefficient (Wildman–Crippen LogP) is 10.1. The zero-order chi connectivity index (χ0) is 45.5. The SMILES string of the molecule is CCC1C=C(C(C)(C)C)C=[C]1[Zr+2](=[C](c1cccc(C(F)(F)F)c1)c1cccc(C(F)(F)F)c1)[CH]1C2C=CC=C(C)C2(C)C2(C)C3(C)C=CC=CC3(C)C3(C)C=CC=CC3(C)C12C.[Cl-].[Cl-]. The van der Waals surface area contributed by atoms with Crippen molar-refractivity contribution in [3.63, 3.8) is 0 Å². The average molecular weight is 999 g/mol. The molecule has 0 radical (unpaired) electrons. The molecule has 6 aliphatic rings. The quantitative estimate of drug-likeness (QED) is 0.262. The molecule has 0 amide bonds. The molecule has 2 fully saturated rings. The Kier molecular flexibility index (Phi) is 12.6. The molecule has 8 rings (SSSR count). The van der Waals surface area contributed by atoms with Gasteiger partial charge in [-0.2, -0.15) is 0 Å². The third kappa shape index (κ3) is 6.33. The standard InChI is InChI=1S/C29H37.C15H8F6.C11H17.2ClH.Zr/c1-21-14-13-15-22-20-27(6)25(4)18-10-9-16-23(25,2)24(3)17-11-12-19-26(24,5)29(27,8)28(21,22)7;16-14(17,18)12-5-1-3-10(8-12)7-11-4-2-6-13(9-11)15(19,20)21;1-5-9-6-7-10(8-9)11(2,3)4;;;/h9-20,22H,1-8H3;1-6,8-9H;7-9H,5H2,1-4H3;2*1H;/q;;;;;+2/p-2. The maximum Gasteiger partial charge on any atom is -1.00 e. The van der Waals surface area contributed by atoms with E-state index in [4.69, 9.17) is 0 Å². The van der Waals surface area contributed by atoms with Crippen LogP contribution >= 0.6 is 0 Å². The molecular weight excluding hydrogens is 937 g/mol. The van der Waals surface area contributed by atoms with Gasteiger partial charge in [0, 0.05) is 0 Å². The Labute approximate surface area is 397 Å². The first-order valence-corrected chi connectivity index (χ1v) is 26.1. The molecule has 0 N–H and O–H groups in total. The number of alkyl halides is 6. The summed E-state index contributed by atoms with van der Waals surface area (Å²) < 4.78 is 91.3. The molecule has 0 aromatic heterocycles. The summed E-state index contributed by atoms with van der Waals surface area (Å²) in [4.78, 5) is 0. The molecule has 0 spiro atoms. The summed E-state index contributed by atoms with van der Waals surface area (Å²) in [7, 11) is 0. The topological polar surface area (TPSA) is 0 Å². The number of hydrogen-bond acceptors (Lipinski definition) is 0. The van der Waals surface area contributed by atoms with Crippen molar-refractivity contribution in [2.45, 2.75) is 105 Å². The van der Waals surface area contributed by atoms with E-state index in [0.717, 1.165) is 18.6 Å². The van der Waals surface area contributed by atoms with Crippen molar-refractivity contribution >= 4 is 3.21 Å². The van der Waals surface area contributed by atoms with E-state index in [9.17, 15) is 26.3 Å². The van der Waals surface area contributed by atoms with Crippen LogP contribution in [0.15, 0.2) is 142 Å². The van der Waals surface area contributed by atoms with Crippen LogP contribution in [-0.4, -0.2) is 3.21 Å². The molecule has 64 heavy (non-hydrogen) atoms. The van der Waals surface area contributed by atoms with Gasteiger partial charge < -0.3 is 24.8 Å². The minimum atomic E-state index is -4.65. The van der Waals surface area contributed by atoms with Gasteiger partial charge in [0.1, 0.15) is 0 Å². The smallest absolute Gasteiger partial charge is 1.00 e. The number of allylic oxidation sites excluding steroid dienone is 16. The minimum absolute atomic E-state index is 0. The Morgan fingerprint density at radius 2 is 1.12 bits per heavy atom. The van der Waals surface area contributed by atoms with Crippen LogP contribution in [0.1, 0.15) is 112 Å². The fraction of sp³-hybridized carbons (Fsp3) is 0.473. The van der Waals surface area contributed by atoms with Crippen LogP contribution < -0.4 is 24.8 Å². The third-order valence-corrected chi connectivity index (χ3v) is 28.1. The molecule has 0 saturated heterocycles. The first-order chi connectivity index (χ1) is 28.6. The van der Waals surface area contributed by atoms with Crippen molar-refractivity contribution in [3.05, 3.63) is 164 Å². The molecule has 9 heteroatoms. The van der Waals surface area contributed by atoms with Gasteiger partial charge in [-0.25, -0.2) is 0 Å². The second kappa shape index (κ2) is 15.9. The normalized spacial score (nSPS) is 36.8. The van der Waals surface area contributed by atoms with Crippen LogP contribution in [0.3, 0.4) is 0 Å². The van der Waals surface area contributed by atoms with Crippen molar-refractivity contribution in [3.8, 4) is 0 Å². The number of benzene rings is 2. The maximum absolute atomic E-state index is 14.9. The van der Waals surface area contributed by atoms with Gasteiger partial charge in [-0.15, -0.1) is 0 Å². The van der Waals surface area contributed by atoms with E-state index in [2.05, 4.69) is 162 Å². The van der Waals surface area contributed by atoms with Crippen LogP contribution in [0.2, 0.25) is 3.63 Å². The summed E-state index contributed by atoms with van der Waals surface area (Å²) in [5.41, 5.74) is -2.04. The van der Waals surface area contributed by atoms with E-state index >= 15 is 0 Å². The van der Waals surface area contributed by atoms with E-state index in [1.54, 1.807) is 12.1 Å². The molecular formula is C55H62Cl2F6Zr. The van der Waals surface area contributed by atoms with Gasteiger partial charge in [0.2, 0.25) is 0 Å². The van der Waals surface area contributed by atoms with E-state index < -0.39 is 77.2 Å². The molecule has 10 atom stereocenters. The Bertz CT molecular complexity index is 2460. The van der Waals surface area contributed by atoms with Gasteiger partial charge in [0.05, 0.1) is 0 Å². The average Bonchev–Trinajstić information content (AvgIpc) is 3.71. The first-order valence-electron chi connectivity index (χ1n) is 22.3. The summed E-state index contributed by atoms with van der Waals surface area (Å²) in [6, 6.07) is 11.0. The fourth-order valence-corrected chi connectivity index (χ4v) is 26.5. The predicted molar refractivity (Wildman–Crippen MR) is 239 cm³/mol. The zero-order valence-electron chi connectivity index (χ0n) is 39.1. The van der Waals surface area contributed by atoms with Gasteiger partial charge >= 0.3 is 376 Å². The van der Waals surface area contributed by atoms with Crippen molar-refractivity contribution in [1.82, 2.24) is 0 Å². The van der Waals surface area contributed by atoms with Crippen LogP contribution in [-0.2, 0) is 33.6 Å². The van der Waals surface area contributed by atoms with Crippen LogP contribution in [0.25, 0.3) is 0 Å². The van der Waals surface area contributed by atoms with E-state index in [1.165, 1.54) is 38.7 Å². The number of rotatable bonds is 5. The second-order valence-corrected chi connectivity index (χ2v) is 27.7. The summed E-state index contributed by atoms with van der Waals surface area (Å²) in [6.07, 6.45) is 21.6. The van der Waals surface area contributed by atoms with Gasteiger partial charge in [-0.1, -0.05) is 0 Å². The number of fused-ring (bicyclic) bond motifs is 8. The molecule has 2 aromatic carbocycles. The molecule has 2 aromatic rings. The minimum Gasteiger partial charge on any atom is -1.00 e. The van der Waals surface area contributed by atoms with Crippen LogP contribution in [0, 0.1) is 55.2 Å². The molecule has 2 saturated carbocycles. The number of hydrogen-bond donors (Lipinski definition) is 0. The molecule has 342 valence electrons. The van der Waals surface area contributed by atoms with Crippen LogP contribution in [0.4, 0.5) is 26.3 Å². The fourth-order valence-electron chi connectivity index (χ4n) is 14.6. The number of halogens is 8. The summed E-state index contributed by atoms with van der Waals surface area (Å²) in [5, 5.41) is 0. The zero-order valence-corrected chi connectivity index (χ0v) is 43.1. The molecule has 0 nitrogen and oxygen atoms in total.